The van der Waals surface area contributed by atoms with Crippen molar-refractivity contribution in [1.29, 1.82) is 0 Å². The fourth-order valence-corrected chi connectivity index (χ4v) is 2.58. The summed E-state index contributed by atoms with van der Waals surface area (Å²) in [7, 11) is 0. The van der Waals surface area contributed by atoms with E-state index in [2.05, 4.69) is 0 Å². The second kappa shape index (κ2) is 5.14. The van der Waals surface area contributed by atoms with E-state index in [1.165, 1.54) is 11.1 Å². The molecule has 2 nitrogen and oxygen atoms in total. The van der Waals surface area contributed by atoms with Gasteiger partial charge in [-0.3, -0.25) is 0 Å². The molecule has 19 heavy (non-hydrogen) atoms. The molecule has 0 saturated heterocycles. The fraction of sp³-hybridized carbons (Fsp3) is 0.250. The first-order chi connectivity index (χ1) is 9.22. The van der Waals surface area contributed by atoms with Crippen LogP contribution < -0.4 is 9.47 Å². The Labute approximate surface area is 117 Å². The number of aryl methyl sites for hydroxylation is 1. The third-order valence-corrected chi connectivity index (χ3v) is 3.43. The van der Waals surface area contributed by atoms with Gasteiger partial charge in [0.05, 0.1) is 6.61 Å². The molecular formula is C16H15ClO2. The minimum Gasteiger partial charge on any atom is -0.493 e. The number of ether oxygens (including phenoxy) is 2. The first-order valence-corrected chi connectivity index (χ1v) is 6.74. The molecule has 0 bridgehead atoms. The van der Waals surface area contributed by atoms with E-state index in [4.69, 9.17) is 21.1 Å². The average Bonchev–Trinajstić information content (AvgIpc) is 2.84. The molecule has 98 valence electrons. The van der Waals surface area contributed by atoms with Gasteiger partial charge in [-0.15, -0.1) is 0 Å². The summed E-state index contributed by atoms with van der Waals surface area (Å²) < 4.78 is 11.5. The van der Waals surface area contributed by atoms with Crippen molar-refractivity contribution in [2.24, 2.45) is 0 Å². The van der Waals surface area contributed by atoms with Crippen LogP contribution in [-0.4, -0.2) is 6.61 Å². The largest absolute Gasteiger partial charge is 0.493 e. The van der Waals surface area contributed by atoms with E-state index in [1.54, 1.807) is 0 Å². The SMILES string of the molecule is Cc1cccc(OCc2cc(Cl)cc3c2OCC3)c1. The normalized spacial score (nSPS) is 12.9. The number of hydrogen-bond donors (Lipinski definition) is 0. The van der Waals surface area contributed by atoms with Crippen LogP contribution in [0.3, 0.4) is 0 Å². The van der Waals surface area contributed by atoms with Gasteiger partial charge in [0.1, 0.15) is 18.1 Å². The second-order valence-electron chi connectivity index (χ2n) is 4.76. The average molecular weight is 275 g/mol. The first kappa shape index (κ1) is 12.4. The summed E-state index contributed by atoms with van der Waals surface area (Å²) in [5, 5.41) is 0.743. The van der Waals surface area contributed by atoms with Crippen LogP contribution in [0.4, 0.5) is 0 Å². The molecule has 3 rings (SSSR count). The lowest BCUT2D eigenvalue weighted by atomic mass is 10.1. The van der Waals surface area contributed by atoms with Gasteiger partial charge >= 0.3 is 0 Å². The maximum Gasteiger partial charge on any atom is 0.129 e. The quantitative estimate of drug-likeness (QED) is 0.837. The molecule has 0 unspecified atom stereocenters. The third kappa shape index (κ3) is 2.69. The number of hydrogen-bond acceptors (Lipinski definition) is 2. The van der Waals surface area contributed by atoms with E-state index >= 15 is 0 Å². The molecule has 0 amide bonds. The van der Waals surface area contributed by atoms with E-state index in [0.717, 1.165) is 35.1 Å². The Bertz CT molecular complexity index is 608. The Kier molecular flexibility index (Phi) is 3.34. The van der Waals surface area contributed by atoms with E-state index in [1.807, 2.05) is 43.3 Å². The predicted molar refractivity (Wildman–Crippen MR) is 76.2 cm³/mol. The Morgan fingerprint density at radius 2 is 2.16 bits per heavy atom. The van der Waals surface area contributed by atoms with Crippen LogP contribution in [0.5, 0.6) is 11.5 Å². The van der Waals surface area contributed by atoms with Crippen molar-refractivity contribution in [2.75, 3.05) is 6.61 Å². The monoisotopic (exact) mass is 274 g/mol. The highest BCUT2D eigenvalue weighted by Gasteiger charge is 2.17. The number of fused-ring (bicyclic) bond motifs is 1. The van der Waals surface area contributed by atoms with Gasteiger partial charge in [0, 0.05) is 17.0 Å². The van der Waals surface area contributed by atoms with Gasteiger partial charge < -0.3 is 9.47 Å². The van der Waals surface area contributed by atoms with E-state index in [0.29, 0.717) is 6.61 Å². The molecular weight excluding hydrogens is 260 g/mol. The zero-order valence-electron chi connectivity index (χ0n) is 10.8. The molecule has 0 spiro atoms. The lowest BCUT2D eigenvalue weighted by Gasteiger charge is -2.11. The molecule has 1 aliphatic rings. The van der Waals surface area contributed by atoms with Crippen molar-refractivity contribution < 1.29 is 9.47 Å². The molecule has 0 saturated carbocycles. The maximum absolute atomic E-state index is 6.12. The van der Waals surface area contributed by atoms with Gasteiger partial charge in [-0.25, -0.2) is 0 Å². The molecule has 0 atom stereocenters. The van der Waals surface area contributed by atoms with Crippen molar-refractivity contribution in [3.05, 3.63) is 58.1 Å². The van der Waals surface area contributed by atoms with E-state index in [9.17, 15) is 0 Å². The van der Waals surface area contributed by atoms with Gasteiger partial charge in [-0.05, 0) is 42.3 Å². The van der Waals surface area contributed by atoms with Crippen LogP contribution in [0.15, 0.2) is 36.4 Å². The smallest absolute Gasteiger partial charge is 0.129 e. The molecule has 0 aromatic heterocycles. The van der Waals surface area contributed by atoms with Gasteiger partial charge in [0.2, 0.25) is 0 Å². The minimum atomic E-state index is 0.479. The third-order valence-electron chi connectivity index (χ3n) is 3.21. The van der Waals surface area contributed by atoms with Gasteiger partial charge in [0.15, 0.2) is 0 Å². The van der Waals surface area contributed by atoms with E-state index < -0.39 is 0 Å². The summed E-state index contributed by atoms with van der Waals surface area (Å²) in [6.45, 7) is 3.26. The summed E-state index contributed by atoms with van der Waals surface area (Å²) in [5.41, 5.74) is 3.38. The summed E-state index contributed by atoms with van der Waals surface area (Å²) in [6, 6.07) is 11.9. The molecule has 0 N–H and O–H groups in total. The van der Waals surface area contributed by atoms with Crippen LogP contribution in [0, 0.1) is 6.92 Å². The standard InChI is InChI=1S/C16H15ClO2/c1-11-3-2-4-15(7-11)19-10-13-9-14(17)8-12-5-6-18-16(12)13/h2-4,7-9H,5-6,10H2,1H3. The molecule has 1 heterocycles. The maximum atomic E-state index is 6.12. The minimum absolute atomic E-state index is 0.479. The fourth-order valence-electron chi connectivity index (χ4n) is 2.32. The number of halogens is 1. The highest BCUT2D eigenvalue weighted by Crippen LogP contribution is 2.33. The predicted octanol–water partition coefficient (Wildman–Crippen LogP) is 4.16. The summed E-state index contributed by atoms with van der Waals surface area (Å²) in [4.78, 5) is 0. The molecule has 3 heteroatoms. The van der Waals surface area contributed by atoms with Crippen LogP contribution in [0.2, 0.25) is 5.02 Å². The van der Waals surface area contributed by atoms with Crippen LogP contribution in [0.25, 0.3) is 0 Å². The Hall–Kier alpha value is -1.67. The zero-order chi connectivity index (χ0) is 13.2. The molecule has 0 fully saturated rings. The topological polar surface area (TPSA) is 18.5 Å². The van der Waals surface area contributed by atoms with Crippen molar-refractivity contribution >= 4 is 11.6 Å². The summed E-state index contributed by atoms with van der Waals surface area (Å²) in [6.07, 6.45) is 0.924. The molecule has 2 aromatic rings. The van der Waals surface area contributed by atoms with E-state index in [-0.39, 0.29) is 0 Å². The Morgan fingerprint density at radius 3 is 3.00 bits per heavy atom. The van der Waals surface area contributed by atoms with Crippen molar-refractivity contribution in [1.82, 2.24) is 0 Å². The second-order valence-corrected chi connectivity index (χ2v) is 5.19. The summed E-state index contributed by atoms with van der Waals surface area (Å²) >= 11 is 6.12. The number of benzene rings is 2. The van der Waals surface area contributed by atoms with Crippen LogP contribution >= 0.6 is 11.6 Å². The van der Waals surface area contributed by atoms with Gasteiger partial charge in [-0.1, -0.05) is 23.7 Å². The Balaban J connectivity index is 1.81. The molecule has 0 radical (unpaired) electrons. The van der Waals surface area contributed by atoms with Gasteiger partial charge in [0.25, 0.3) is 0 Å². The molecule has 0 aliphatic carbocycles. The van der Waals surface area contributed by atoms with Crippen molar-refractivity contribution in [3.8, 4) is 11.5 Å². The Morgan fingerprint density at radius 1 is 1.26 bits per heavy atom. The highest BCUT2D eigenvalue weighted by molar-refractivity contribution is 6.30. The number of rotatable bonds is 3. The lowest BCUT2D eigenvalue weighted by Crippen LogP contribution is -1.99. The first-order valence-electron chi connectivity index (χ1n) is 6.36. The molecule has 2 aromatic carbocycles. The zero-order valence-corrected chi connectivity index (χ0v) is 11.5. The van der Waals surface area contributed by atoms with Crippen molar-refractivity contribution in [3.63, 3.8) is 0 Å². The highest BCUT2D eigenvalue weighted by atomic mass is 35.5. The molecule has 1 aliphatic heterocycles. The van der Waals surface area contributed by atoms with Crippen molar-refractivity contribution in [2.45, 2.75) is 20.0 Å². The van der Waals surface area contributed by atoms with Crippen LogP contribution in [-0.2, 0) is 13.0 Å². The van der Waals surface area contributed by atoms with Crippen LogP contribution in [0.1, 0.15) is 16.7 Å². The lowest BCUT2D eigenvalue weighted by molar-refractivity contribution is 0.292. The van der Waals surface area contributed by atoms with Gasteiger partial charge in [-0.2, -0.15) is 0 Å². The summed E-state index contributed by atoms with van der Waals surface area (Å²) in [5.74, 6) is 1.81.